The van der Waals surface area contributed by atoms with Gasteiger partial charge in [-0.25, -0.2) is 15.0 Å². The minimum absolute atomic E-state index is 0.0659. The van der Waals surface area contributed by atoms with Crippen LogP contribution in [0.25, 0.3) is 22.2 Å². The molecule has 3 aromatic heterocycles. The van der Waals surface area contributed by atoms with E-state index in [0.29, 0.717) is 46.5 Å². The van der Waals surface area contributed by atoms with Crippen LogP contribution in [0.2, 0.25) is 5.02 Å². The lowest BCUT2D eigenvalue weighted by atomic mass is 10.0. The molecule has 35 heavy (non-hydrogen) atoms. The minimum Gasteiger partial charge on any atom is -0.383 e. The molecule has 3 heterocycles. The average Bonchev–Trinajstić information content (AvgIpc) is 3.60. The van der Waals surface area contributed by atoms with Crippen LogP contribution < -0.4 is 16.6 Å². The lowest BCUT2D eigenvalue weighted by Crippen LogP contribution is -2.27. The number of nitrogen functional groups attached to an aromatic ring is 1. The predicted octanol–water partition coefficient (Wildman–Crippen LogP) is 3.87. The number of ether oxygens (including phenoxy) is 1. The first-order valence-electron chi connectivity index (χ1n) is 11.5. The molecule has 0 amide bonds. The Hall–Kier alpha value is -3.50. The van der Waals surface area contributed by atoms with Crippen molar-refractivity contribution < 1.29 is 4.74 Å². The van der Waals surface area contributed by atoms with E-state index >= 15 is 0 Å². The molecule has 182 valence electrons. The number of fused-ring (bicyclic) bond motifs is 1. The third-order valence-electron chi connectivity index (χ3n) is 6.28. The van der Waals surface area contributed by atoms with Gasteiger partial charge in [-0.05, 0) is 36.8 Å². The molecule has 10 nitrogen and oxygen atoms in total. The highest BCUT2D eigenvalue weighted by Crippen LogP contribution is 2.39. The zero-order valence-corrected chi connectivity index (χ0v) is 20.6. The molecule has 0 unspecified atom stereocenters. The Morgan fingerprint density at radius 1 is 1.31 bits per heavy atom. The number of nitrogens with two attached hydrogens (primary N) is 1. The Labute approximate surface area is 207 Å². The standard InChI is InChI=1S/C24H27ClN8O2/c1-4-16(17-10-13-6-5-7-15(25)19(13)24(34)33(17)14-8-9-14)29-22-20(21(26)27-12-28-22)23-30-18(11-35-3)32(2)31-23/h5-7,10,12,14,16H,4,8-9,11H2,1-3H3,(H3,26,27,28,29)/t16-/m0/s1. The Morgan fingerprint density at radius 3 is 2.83 bits per heavy atom. The van der Waals surface area contributed by atoms with Gasteiger partial charge >= 0.3 is 0 Å². The van der Waals surface area contributed by atoms with Gasteiger partial charge in [-0.1, -0.05) is 30.7 Å². The number of pyridine rings is 1. The van der Waals surface area contributed by atoms with Gasteiger partial charge in [0.15, 0.2) is 11.6 Å². The fourth-order valence-corrected chi connectivity index (χ4v) is 4.65. The summed E-state index contributed by atoms with van der Waals surface area (Å²) < 4.78 is 8.74. The highest BCUT2D eigenvalue weighted by atomic mass is 35.5. The fourth-order valence-electron chi connectivity index (χ4n) is 4.39. The lowest BCUT2D eigenvalue weighted by Gasteiger charge is -2.24. The van der Waals surface area contributed by atoms with Crippen LogP contribution in [-0.4, -0.2) is 36.4 Å². The molecule has 0 aliphatic heterocycles. The van der Waals surface area contributed by atoms with E-state index in [9.17, 15) is 4.79 Å². The topological polar surface area (TPSA) is 126 Å². The van der Waals surface area contributed by atoms with Crippen molar-refractivity contribution in [3.05, 3.63) is 57.5 Å². The fraction of sp³-hybridized carbons (Fsp3) is 0.375. The van der Waals surface area contributed by atoms with Gasteiger partial charge in [0.05, 0.1) is 16.5 Å². The molecule has 1 atom stereocenters. The van der Waals surface area contributed by atoms with Gasteiger partial charge < -0.3 is 20.4 Å². The van der Waals surface area contributed by atoms with Gasteiger partial charge in [0, 0.05) is 25.9 Å². The van der Waals surface area contributed by atoms with E-state index in [0.717, 1.165) is 23.9 Å². The number of aryl methyl sites for hydroxylation is 1. The molecule has 3 N–H and O–H groups in total. The van der Waals surface area contributed by atoms with E-state index in [-0.39, 0.29) is 23.5 Å². The smallest absolute Gasteiger partial charge is 0.260 e. The van der Waals surface area contributed by atoms with Crippen LogP contribution in [0.4, 0.5) is 11.6 Å². The summed E-state index contributed by atoms with van der Waals surface area (Å²) in [4.78, 5) is 26.7. The Kier molecular flexibility index (Phi) is 6.16. The summed E-state index contributed by atoms with van der Waals surface area (Å²) in [5, 5.41) is 9.83. The van der Waals surface area contributed by atoms with Gasteiger partial charge in [0.1, 0.15) is 30.1 Å². The van der Waals surface area contributed by atoms with Gasteiger partial charge in [-0.3, -0.25) is 9.48 Å². The summed E-state index contributed by atoms with van der Waals surface area (Å²) in [7, 11) is 3.39. The second-order valence-electron chi connectivity index (χ2n) is 8.68. The van der Waals surface area contributed by atoms with Crippen molar-refractivity contribution in [3.63, 3.8) is 0 Å². The zero-order chi connectivity index (χ0) is 24.7. The van der Waals surface area contributed by atoms with Crippen molar-refractivity contribution in [3.8, 4) is 11.4 Å². The largest absolute Gasteiger partial charge is 0.383 e. The van der Waals surface area contributed by atoms with Crippen molar-refractivity contribution in [1.82, 2.24) is 29.3 Å². The Morgan fingerprint density at radius 2 is 2.11 bits per heavy atom. The van der Waals surface area contributed by atoms with Gasteiger partial charge in [-0.2, -0.15) is 5.10 Å². The van der Waals surface area contributed by atoms with E-state index in [2.05, 4.69) is 32.3 Å². The number of nitrogens with one attached hydrogen (secondary N) is 1. The second kappa shape index (κ2) is 9.27. The first-order chi connectivity index (χ1) is 16.9. The first kappa shape index (κ1) is 23.3. The maximum absolute atomic E-state index is 13.5. The SMILES string of the molecule is CC[C@H](Nc1ncnc(N)c1-c1nc(COC)n(C)n1)c1cc2cccc(Cl)c2c(=O)n1C1CC1. The number of anilines is 2. The number of methoxy groups -OCH3 is 1. The average molecular weight is 495 g/mol. The first-order valence-corrected chi connectivity index (χ1v) is 11.9. The third kappa shape index (κ3) is 4.23. The number of aromatic nitrogens is 6. The summed E-state index contributed by atoms with van der Waals surface area (Å²) in [6.07, 6.45) is 4.03. The van der Waals surface area contributed by atoms with E-state index < -0.39 is 0 Å². The summed E-state index contributed by atoms with van der Waals surface area (Å²) in [5.41, 5.74) is 7.59. The third-order valence-corrected chi connectivity index (χ3v) is 6.59. The molecule has 5 rings (SSSR count). The van der Waals surface area contributed by atoms with Crippen molar-refractivity contribution in [1.29, 1.82) is 0 Å². The van der Waals surface area contributed by atoms with Crippen LogP contribution in [0.3, 0.4) is 0 Å². The van der Waals surface area contributed by atoms with E-state index in [4.69, 9.17) is 22.1 Å². The number of benzene rings is 1. The lowest BCUT2D eigenvalue weighted by molar-refractivity contribution is 0.174. The number of rotatable bonds is 8. The molecule has 1 fully saturated rings. The van der Waals surface area contributed by atoms with Crippen molar-refractivity contribution in [2.45, 2.75) is 44.9 Å². The van der Waals surface area contributed by atoms with Crippen LogP contribution in [-0.2, 0) is 18.4 Å². The predicted molar refractivity (Wildman–Crippen MR) is 135 cm³/mol. The van der Waals surface area contributed by atoms with E-state index in [1.54, 1.807) is 24.9 Å². The van der Waals surface area contributed by atoms with Crippen LogP contribution in [0, 0.1) is 0 Å². The summed E-state index contributed by atoms with van der Waals surface area (Å²) in [6.45, 7) is 2.37. The van der Waals surface area contributed by atoms with Crippen LogP contribution in [0.15, 0.2) is 35.4 Å². The molecule has 11 heteroatoms. The number of halogens is 1. The minimum atomic E-state index is -0.220. The molecule has 1 aliphatic carbocycles. The van der Waals surface area contributed by atoms with Crippen molar-refractivity contribution in [2.75, 3.05) is 18.2 Å². The van der Waals surface area contributed by atoms with E-state index in [1.807, 2.05) is 22.8 Å². The van der Waals surface area contributed by atoms with Gasteiger partial charge in [-0.15, -0.1) is 0 Å². The second-order valence-corrected chi connectivity index (χ2v) is 9.08. The van der Waals surface area contributed by atoms with Crippen LogP contribution in [0.1, 0.15) is 49.8 Å². The molecule has 1 aliphatic rings. The molecule has 1 saturated carbocycles. The van der Waals surface area contributed by atoms with Crippen molar-refractivity contribution in [2.24, 2.45) is 7.05 Å². The monoisotopic (exact) mass is 494 g/mol. The zero-order valence-electron chi connectivity index (χ0n) is 19.8. The van der Waals surface area contributed by atoms with Crippen molar-refractivity contribution >= 4 is 34.0 Å². The molecular formula is C24H27ClN8O2. The normalized spacial score (nSPS) is 14.4. The number of hydrogen-bond acceptors (Lipinski definition) is 8. The highest BCUT2D eigenvalue weighted by molar-refractivity contribution is 6.35. The molecule has 0 bridgehead atoms. The molecule has 0 saturated heterocycles. The summed E-state index contributed by atoms with van der Waals surface area (Å²) in [6, 6.07) is 7.52. The Balaban J connectivity index is 1.61. The summed E-state index contributed by atoms with van der Waals surface area (Å²) >= 11 is 6.41. The Bertz CT molecular complexity index is 1460. The number of hydrogen-bond donors (Lipinski definition) is 2. The maximum Gasteiger partial charge on any atom is 0.260 e. The van der Waals surface area contributed by atoms with Gasteiger partial charge in [0.25, 0.3) is 5.56 Å². The highest BCUT2D eigenvalue weighted by Gasteiger charge is 2.31. The quantitative estimate of drug-likeness (QED) is 0.378. The number of nitrogens with zero attached hydrogens (tertiary/aromatic N) is 6. The van der Waals surface area contributed by atoms with Gasteiger partial charge in [0.2, 0.25) is 0 Å². The van der Waals surface area contributed by atoms with Crippen LogP contribution >= 0.6 is 11.6 Å². The summed E-state index contributed by atoms with van der Waals surface area (Å²) in [5.74, 6) is 1.81. The molecule has 1 aromatic carbocycles. The molecule has 0 radical (unpaired) electrons. The molecule has 0 spiro atoms. The maximum atomic E-state index is 13.5. The van der Waals surface area contributed by atoms with E-state index in [1.165, 1.54) is 6.33 Å². The van der Waals surface area contributed by atoms with Crippen LogP contribution in [0.5, 0.6) is 0 Å². The molecular weight excluding hydrogens is 468 g/mol. The molecule has 4 aromatic rings.